The minimum atomic E-state index is -0.503. The molecule has 0 aliphatic carbocycles. The van der Waals surface area contributed by atoms with Crippen LogP contribution in [-0.4, -0.2) is 28.6 Å². The number of aliphatic hydroxyl groups is 1. The summed E-state index contributed by atoms with van der Waals surface area (Å²) in [5, 5.41) is 12.2. The summed E-state index contributed by atoms with van der Waals surface area (Å²) in [5.41, 5.74) is 6.41. The van der Waals surface area contributed by atoms with Crippen LogP contribution in [0.25, 0.3) is 0 Å². The van der Waals surface area contributed by atoms with Crippen LogP contribution in [0.5, 0.6) is 0 Å². The Morgan fingerprint density at radius 1 is 1.62 bits per heavy atom. The van der Waals surface area contributed by atoms with Gasteiger partial charge in [0.1, 0.15) is 5.69 Å². The van der Waals surface area contributed by atoms with Crippen molar-refractivity contribution in [3.05, 3.63) is 18.0 Å². The lowest BCUT2D eigenvalue weighted by Crippen LogP contribution is -2.32. The molecule has 1 amide bonds. The van der Waals surface area contributed by atoms with Crippen molar-refractivity contribution in [2.75, 3.05) is 12.3 Å². The molecule has 0 aliphatic rings. The summed E-state index contributed by atoms with van der Waals surface area (Å²) < 4.78 is 0. The fourth-order valence-electron chi connectivity index (χ4n) is 1.48. The normalized spacial score (nSPS) is 12.8. The topological polar surface area (TPSA) is 91.1 Å². The first-order valence-electron chi connectivity index (χ1n) is 5.39. The molecule has 1 atom stereocenters. The standard InChI is InChI=1S/C11H19N3O2/c1-7(2)3-9(15)6-14-11(16)10-4-8(12)5-13-10/h4-5,7,9,13,15H,3,6,12H2,1-2H3,(H,14,16). The maximum Gasteiger partial charge on any atom is 0.267 e. The van der Waals surface area contributed by atoms with Gasteiger partial charge < -0.3 is 21.1 Å². The predicted octanol–water partition coefficient (Wildman–Crippen LogP) is 0.734. The molecular formula is C11H19N3O2. The molecule has 1 rings (SSSR count). The van der Waals surface area contributed by atoms with Gasteiger partial charge in [0.15, 0.2) is 0 Å². The van der Waals surface area contributed by atoms with Gasteiger partial charge in [-0.2, -0.15) is 0 Å². The maximum atomic E-state index is 11.5. The number of H-pyrrole nitrogens is 1. The third-order valence-electron chi connectivity index (χ3n) is 2.19. The molecule has 90 valence electrons. The first-order chi connectivity index (χ1) is 7.49. The molecule has 0 aromatic carbocycles. The van der Waals surface area contributed by atoms with Crippen LogP contribution in [0.4, 0.5) is 5.69 Å². The summed E-state index contributed by atoms with van der Waals surface area (Å²) >= 11 is 0. The van der Waals surface area contributed by atoms with Crippen molar-refractivity contribution in [3.63, 3.8) is 0 Å². The number of aliphatic hydroxyl groups excluding tert-OH is 1. The van der Waals surface area contributed by atoms with Crippen LogP contribution in [0.1, 0.15) is 30.8 Å². The number of nitrogens with two attached hydrogens (primary N) is 1. The summed E-state index contributed by atoms with van der Waals surface area (Å²) in [6, 6.07) is 1.56. The highest BCUT2D eigenvalue weighted by molar-refractivity contribution is 5.93. The second-order valence-electron chi connectivity index (χ2n) is 4.34. The Labute approximate surface area is 95.0 Å². The maximum absolute atomic E-state index is 11.5. The molecule has 0 saturated carbocycles. The number of hydrogen-bond acceptors (Lipinski definition) is 3. The molecule has 0 aliphatic heterocycles. The molecule has 5 N–H and O–H groups in total. The van der Waals surface area contributed by atoms with E-state index in [2.05, 4.69) is 10.3 Å². The number of aromatic amines is 1. The first-order valence-corrected chi connectivity index (χ1v) is 5.39. The van der Waals surface area contributed by atoms with Crippen LogP contribution in [0.2, 0.25) is 0 Å². The van der Waals surface area contributed by atoms with Gasteiger partial charge in [0, 0.05) is 18.4 Å². The van der Waals surface area contributed by atoms with Crippen LogP contribution in [-0.2, 0) is 0 Å². The Hall–Kier alpha value is -1.49. The Morgan fingerprint density at radius 2 is 2.31 bits per heavy atom. The number of nitrogens with one attached hydrogen (secondary N) is 2. The predicted molar refractivity (Wildman–Crippen MR) is 63.0 cm³/mol. The molecule has 5 nitrogen and oxygen atoms in total. The largest absolute Gasteiger partial charge is 0.397 e. The number of carbonyl (C=O) groups is 1. The molecule has 0 fully saturated rings. The van der Waals surface area contributed by atoms with Gasteiger partial charge in [-0.25, -0.2) is 0 Å². The lowest BCUT2D eigenvalue weighted by molar-refractivity contribution is 0.0896. The molecule has 1 aromatic heterocycles. The van der Waals surface area contributed by atoms with Crippen molar-refractivity contribution in [2.45, 2.75) is 26.4 Å². The average Bonchev–Trinajstić information content (AvgIpc) is 2.60. The molecule has 0 spiro atoms. The summed E-state index contributed by atoms with van der Waals surface area (Å²) in [7, 11) is 0. The minimum absolute atomic E-state index is 0.250. The van der Waals surface area contributed by atoms with Gasteiger partial charge in [0.2, 0.25) is 0 Å². The number of hydrogen-bond donors (Lipinski definition) is 4. The van der Waals surface area contributed by atoms with Crippen molar-refractivity contribution < 1.29 is 9.90 Å². The molecule has 0 saturated heterocycles. The van der Waals surface area contributed by atoms with Crippen molar-refractivity contribution in [2.24, 2.45) is 5.92 Å². The molecular weight excluding hydrogens is 206 g/mol. The zero-order chi connectivity index (χ0) is 12.1. The minimum Gasteiger partial charge on any atom is -0.397 e. The quantitative estimate of drug-likeness (QED) is 0.595. The Balaban J connectivity index is 2.35. The number of rotatable bonds is 5. The molecule has 1 unspecified atom stereocenters. The molecule has 0 radical (unpaired) electrons. The van der Waals surface area contributed by atoms with E-state index in [0.717, 1.165) is 0 Å². The van der Waals surface area contributed by atoms with E-state index in [-0.39, 0.29) is 12.5 Å². The van der Waals surface area contributed by atoms with Gasteiger partial charge in [-0.3, -0.25) is 4.79 Å². The smallest absolute Gasteiger partial charge is 0.267 e. The second kappa shape index (κ2) is 5.55. The van der Waals surface area contributed by atoms with Gasteiger partial charge >= 0.3 is 0 Å². The zero-order valence-corrected chi connectivity index (χ0v) is 9.66. The van der Waals surface area contributed by atoms with Crippen molar-refractivity contribution in [1.82, 2.24) is 10.3 Å². The van der Waals surface area contributed by atoms with E-state index in [9.17, 15) is 9.90 Å². The van der Waals surface area contributed by atoms with Gasteiger partial charge in [-0.1, -0.05) is 13.8 Å². The van der Waals surface area contributed by atoms with E-state index in [1.807, 2.05) is 13.8 Å². The Bertz CT molecular complexity index is 347. The van der Waals surface area contributed by atoms with E-state index >= 15 is 0 Å². The average molecular weight is 225 g/mol. The van der Waals surface area contributed by atoms with Gasteiger partial charge in [0.25, 0.3) is 5.91 Å². The summed E-state index contributed by atoms with van der Waals surface area (Å²) in [6.45, 7) is 4.31. The van der Waals surface area contributed by atoms with Crippen LogP contribution in [0.3, 0.4) is 0 Å². The number of amides is 1. The summed E-state index contributed by atoms with van der Waals surface area (Å²) in [5.74, 6) is 0.160. The summed E-state index contributed by atoms with van der Waals surface area (Å²) in [4.78, 5) is 14.3. The highest BCUT2D eigenvalue weighted by Crippen LogP contribution is 2.05. The third kappa shape index (κ3) is 3.94. The van der Waals surface area contributed by atoms with Crippen LogP contribution < -0.4 is 11.1 Å². The number of anilines is 1. The highest BCUT2D eigenvalue weighted by atomic mass is 16.3. The third-order valence-corrected chi connectivity index (χ3v) is 2.19. The SMILES string of the molecule is CC(C)CC(O)CNC(=O)c1cc(N)c[nH]1. The molecule has 16 heavy (non-hydrogen) atoms. The van der Waals surface area contributed by atoms with E-state index < -0.39 is 6.10 Å². The Morgan fingerprint density at radius 3 is 2.81 bits per heavy atom. The van der Waals surface area contributed by atoms with Gasteiger partial charge in [-0.15, -0.1) is 0 Å². The van der Waals surface area contributed by atoms with E-state index in [1.54, 1.807) is 12.3 Å². The fraction of sp³-hybridized carbons (Fsp3) is 0.545. The van der Waals surface area contributed by atoms with Crippen molar-refractivity contribution in [1.29, 1.82) is 0 Å². The lowest BCUT2D eigenvalue weighted by atomic mass is 10.1. The number of aromatic nitrogens is 1. The van der Waals surface area contributed by atoms with E-state index in [1.165, 1.54) is 0 Å². The van der Waals surface area contributed by atoms with Gasteiger partial charge in [-0.05, 0) is 18.4 Å². The first kappa shape index (κ1) is 12.6. The van der Waals surface area contributed by atoms with E-state index in [0.29, 0.717) is 23.7 Å². The number of nitrogen functional groups attached to an aromatic ring is 1. The second-order valence-corrected chi connectivity index (χ2v) is 4.34. The molecule has 5 heteroatoms. The molecule has 1 heterocycles. The zero-order valence-electron chi connectivity index (χ0n) is 9.66. The molecule has 1 aromatic rings. The van der Waals surface area contributed by atoms with Gasteiger partial charge in [0.05, 0.1) is 6.10 Å². The monoisotopic (exact) mass is 225 g/mol. The van der Waals surface area contributed by atoms with Crippen LogP contribution in [0, 0.1) is 5.92 Å². The van der Waals surface area contributed by atoms with Crippen LogP contribution in [0.15, 0.2) is 12.3 Å². The Kier molecular flexibility index (Phi) is 4.37. The highest BCUT2D eigenvalue weighted by Gasteiger charge is 2.11. The summed E-state index contributed by atoms with van der Waals surface area (Å²) in [6.07, 6.45) is 1.73. The fourth-order valence-corrected chi connectivity index (χ4v) is 1.48. The molecule has 0 bridgehead atoms. The number of carbonyl (C=O) groups excluding carboxylic acids is 1. The van der Waals surface area contributed by atoms with Crippen LogP contribution >= 0.6 is 0 Å². The lowest BCUT2D eigenvalue weighted by Gasteiger charge is -2.13. The van der Waals surface area contributed by atoms with Crippen molar-refractivity contribution >= 4 is 11.6 Å². The van der Waals surface area contributed by atoms with E-state index in [4.69, 9.17) is 5.73 Å². The van der Waals surface area contributed by atoms with Crippen molar-refractivity contribution in [3.8, 4) is 0 Å².